The van der Waals surface area contributed by atoms with E-state index in [1.807, 2.05) is 6.92 Å². The van der Waals surface area contributed by atoms with Crippen molar-refractivity contribution in [1.29, 1.82) is 0 Å². The van der Waals surface area contributed by atoms with E-state index in [0.717, 1.165) is 0 Å². The first-order valence-electron chi connectivity index (χ1n) is 10.4. The number of esters is 1. The molecule has 1 heterocycles. The van der Waals surface area contributed by atoms with Crippen molar-refractivity contribution in [1.82, 2.24) is 15.6 Å². The number of carboxylic acid groups (broad SMARTS) is 1. The highest BCUT2D eigenvalue weighted by Crippen LogP contribution is 2.20. The van der Waals surface area contributed by atoms with Crippen molar-refractivity contribution in [2.75, 3.05) is 0 Å². The first-order valence-corrected chi connectivity index (χ1v) is 11.3. The molecule has 0 saturated heterocycles. The maximum atomic E-state index is 12.7. The van der Waals surface area contributed by atoms with Crippen molar-refractivity contribution < 1.29 is 33.8 Å². The third-order valence-corrected chi connectivity index (χ3v) is 5.42. The monoisotopic (exact) mass is 471 g/mol. The van der Waals surface area contributed by atoms with Crippen molar-refractivity contribution >= 4 is 35.3 Å². The highest BCUT2D eigenvalue weighted by molar-refractivity contribution is 7.09. The molecular weight excluding hydrogens is 438 g/mol. The molecule has 1 aromatic rings. The molecule has 0 saturated carbocycles. The fraction of sp³-hybridized carbons (Fsp3) is 0.667. The highest BCUT2D eigenvalue weighted by atomic mass is 32.1. The average Bonchev–Trinajstić information content (AvgIpc) is 3.15. The van der Waals surface area contributed by atoms with Crippen molar-refractivity contribution in [3.05, 3.63) is 16.1 Å². The summed E-state index contributed by atoms with van der Waals surface area (Å²) in [7, 11) is 0. The minimum absolute atomic E-state index is 0.156. The lowest BCUT2D eigenvalue weighted by Crippen LogP contribution is -2.43. The molecule has 1 rings (SSSR count). The molecule has 0 fully saturated rings. The number of aliphatic carboxylic acids is 1. The number of carbonyl (C=O) groups excluding carboxylic acids is 3. The van der Waals surface area contributed by atoms with Crippen molar-refractivity contribution in [2.45, 2.75) is 85.1 Å². The lowest BCUT2D eigenvalue weighted by molar-refractivity contribution is -0.165. The molecule has 0 aliphatic heterocycles. The van der Waals surface area contributed by atoms with Crippen LogP contribution >= 0.6 is 11.3 Å². The van der Waals surface area contributed by atoms with Gasteiger partial charge in [0.05, 0.1) is 12.0 Å². The van der Waals surface area contributed by atoms with Gasteiger partial charge in [0, 0.05) is 11.4 Å². The average molecular weight is 472 g/mol. The van der Waals surface area contributed by atoms with E-state index >= 15 is 0 Å². The van der Waals surface area contributed by atoms with Crippen LogP contribution in [0, 0.1) is 5.92 Å². The summed E-state index contributed by atoms with van der Waals surface area (Å²) in [5.41, 5.74) is -0.477. The molecule has 3 N–H and O–H groups in total. The Kier molecular flexibility index (Phi) is 10.1. The molecule has 4 atom stereocenters. The number of hydrogen-bond acceptors (Lipinski definition) is 8. The smallest absolute Gasteiger partial charge is 0.408 e. The SMILES string of the molecule is CCC[C@@H](NC(=O)c1csc([C@H](C)NC(=O)OC(C)(C)C)n1)[C@@H](C)C(=O)O[C@@H](C)C(=O)O. The Morgan fingerprint density at radius 2 is 1.78 bits per heavy atom. The molecule has 180 valence electrons. The zero-order valence-electron chi connectivity index (χ0n) is 19.6. The van der Waals surface area contributed by atoms with Crippen molar-refractivity contribution in [3.63, 3.8) is 0 Å². The summed E-state index contributed by atoms with van der Waals surface area (Å²) in [5.74, 6) is -3.16. The zero-order chi connectivity index (χ0) is 24.6. The second-order valence-corrected chi connectivity index (χ2v) is 9.40. The molecule has 0 unspecified atom stereocenters. The van der Waals surface area contributed by atoms with Gasteiger partial charge in [-0.05, 0) is 48.0 Å². The Labute approximate surface area is 192 Å². The van der Waals surface area contributed by atoms with E-state index in [2.05, 4.69) is 15.6 Å². The van der Waals surface area contributed by atoms with Crippen LogP contribution in [-0.2, 0) is 19.1 Å². The van der Waals surface area contributed by atoms with Gasteiger partial charge in [0.25, 0.3) is 5.91 Å². The summed E-state index contributed by atoms with van der Waals surface area (Å²) in [6, 6.07) is -1.02. The van der Waals surface area contributed by atoms with Gasteiger partial charge in [0.1, 0.15) is 16.3 Å². The first-order chi connectivity index (χ1) is 14.7. The molecule has 32 heavy (non-hydrogen) atoms. The summed E-state index contributed by atoms with van der Waals surface area (Å²) in [6.45, 7) is 11.8. The molecule has 0 bridgehead atoms. The molecule has 10 nitrogen and oxygen atoms in total. The molecule has 11 heteroatoms. The van der Waals surface area contributed by atoms with Crippen LogP contribution in [-0.4, -0.2) is 51.8 Å². The van der Waals surface area contributed by atoms with Gasteiger partial charge in [-0.25, -0.2) is 14.6 Å². The van der Waals surface area contributed by atoms with Crippen LogP contribution in [0.3, 0.4) is 0 Å². The minimum Gasteiger partial charge on any atom is -0.479 e. The third-order valence-electron chi connectivity index (χ3n) is 4.39. The Balaban J connectivity index is 2.80. The number of aromatic nitrogens is 1. The standard InChI is InChI=1S/C21H33N3O7S/c1-8-9-14(11(2)19(28)30-13(4)18(26)27)23-16(25)15-10-32-17(24-15)12(3)22-20(29)31-21(5,6)7/h10-14H,8-9H2,1-7H3,(H,22,29)(H,23,25)(H,26,27)/t11-,12+,13+,14-/m1/s1. The number of rotatable bonds is 10. The molecule has 0 aromatic carbocycles. The van der Waals surface area contributed by atoms with Gasteiger partial charge < -0.3 is 25.2 Å². The maximum absolute atomic E-state index is 12.7. The van der Waals surface area contributed by atoms with Gasteiger partial charge in [-0.2, -0.15) is 0 Å². The maximum Gasteiger partial charge on any atom is 0.408 e. The molecular formula is C21H33N3O7S. The van der Waals surface area contributed by atoms with Gasteiger partial charge in [0.2, 0.25) is 0 Å². The number of hydrogen-bond donors (Lipinski definition) is 3. The van der Waals surface area contributed by atoms with E-state index in [1.54, 1.807) is 40.0 Å². The Morgan fingerprint density at radius 1 is 1.16 bits per heavy atom. The van der Waals surface area contributed by atoms with E-state index in [4.69, 9.17) is 14.6 Å². The molecule has 0 spiro atoms. The second kappa shape index (κ2) is 11.8. The van der Waals surface area contributed by atoms with Crippen LogP contribution in [0.1, 0.15) is 82.8 Å². The number of amides is 2. The fourth-order valence-corrected chi connectivity index (χ4v) is 3.44. The molecule has 0 aliphatic carbocycles. The van der Waals surface area contributed by atoms with Crippen LogP contribution in [0.2, 0.25) is 0 Å². The zero-order valence-corrected chi connectivity index (χ0v) is 20.4. The predicted octanol–water partition coefficient (Wildman–Crippen LogP) is 3.28. The number of nitrogens with zero attached hydrogens (tertiary/aromatic N) is 1. The van der Waals surface area contributed by atoms with Crippen LogP contribution in [0.4, 0.5) is 4.79 Å². The number of ether oxygens (including phenoxy) is 2. The van der Waals surface area contributed by atoms with Crippen LogP contribution in [0.25, 0.3) is 0 Å². The first kappa shape index (κ1) is 27.3. The summed E-state index contributed by atoms with van der Waals surface area (Å²) in [4.78, 5) is 52.1. The van der Waals surface area contributed by atoms with Crippen molar-refractivity contribution in [2.24, 2.45) is 5.92 Å². The third kappa shape index (κ3) is 8.81. The largest absolute Gasteiger partial charge is 0.479 e. The van der Waals surface area contributed by atoms with E-state index in [-0.39, 0.29) is 5.69 Å². The van der Waals surface area contributed by atoms with E-state index in [9.17, 15) is 19.2 Å². The second-order valence-electron chi connectivity index (χ2n) is 8.51. The Hall–Kier alpha value is -2.69. The number of nitrogens with one attached hydrogen (secondary N) is 2. The number of carboxylic acids is 1. The normalized spacial score (nSPS) is 15.1. The van der Waals surface area contributed by atoms with Crippen molar-refractivity contribution in [3.8, 4) is 0 Å². The van der Waals surface area contributed by atoms with Gasteiger partial charge in [-0.15, -0.1) is 11.3 Å². The number of alkyl carbamates (subject to hydrolysis) is 1. The van der Waals surface area contributed by atoms with Crippen LogP contribution in [0.15, 0.2) is 5.38 Å². The Morgan fingerprint density at radius 3 is 2.31 bits per heavy atom. The summed E-state index contributed by atoms with van der Waals surface area (Å²) in [6.07, 6.45) is -0.673. The Bertz CT molecular complexity index is 819. The summed E-state index contributed by atoms with van der Waals surface area (Å²) >= 11 is 1.21. The quantitative estimate of drug-likeness (QED) is 0.441. The van der Waals surface area contributed by atoms with Crippen LogP contribution < -0.4 is 10.6 Å². The molecule has 0 radical (unpaired) electrons. The molecule has 1 aromatic heterocycles. The number of carbonyl (C=O) groups is 4. The van der Waals surface area contributed by atoms with Crippen LogP contribution in [0.5, 0.6) is 0 Å². The summed E-state index contributed by atoms with van der Waals surface area (Å²) in [5, 5.41) is 16.5. The molecule has 2 amide bonds. The predicted molar refractivity (Wildman–Crippen MR) is 118 cm³/mol. The van der Waals surface area contributed by atoms with Gasteiger partial charge in [0.15, 0.2) is 6.10 Å². The molecule has 0 aliphatic rings. The van der Waals surface area contributed by atoms with Gasteiger partial charge in [-0.3, -0.25) is 9.59 Å². The highest BCUT2D eigenvalue weighted by Gasteiger charge is 2.30. The minimum atomic E-state index is -1.28. The van der Waals surface area contributed by atoms with E-state index in [0.29, 0.717) is 17.8 Å². The van der Waals surface area contributed by atoms with Gasteiger partial charge >= 0.3 is 18.0 Å². The fourth-order valence-electron chi connectivity index (χ4n) is 2.63. The van der Waals surface area contributed by atoms with E-state index in [1.165, 1.54) is 18.3 Å². The van der Waals surface area contributed by atoms with E-state index < -0.39 is 53.6 Å². The lowest BCUT2D eigenvalue weighted by atomic mass is 9.97. The number of thiazole rings is 1. The topological polar surface area (TPSA) is 144 Å². The van der Waals surface area contributed by atoms with Gasteiger partial charge in [-0.1, -0.05) is 13.3 Å². The summed E-state index contributed by atoms with van der Waals surface area (Å²) < 4.78 is 10.2. The lowest BCUT2D eigenvalue weighted by Gasteiger charge is -2.24.